The summed E-state index contributed by atoms with van der Waals surface area (Å²) >= 11 is 0. The van der Waals surface area contributed by atoms with Crippen molar-refractivity contribution in [2.75, 3.05) is 0 Å². The standard InChI is InChI=1S/C18H23FN2O2/c1-10-12-6-7-21-9-15(20-17(22)23-18(3,4)5)11(2)13(16(12)21)8-14(10)19/h6-8,11,15H,9H2,1-5H3,(H,20,22)/t11-,15-/m1/s1. The minimum Gasteiger partial charge on any atom is -0.444 e. The lowest BCUT2D eigenvalue weighted by atomic mass is 9.88. The number of nitrogens with zero attached hydrogens (tertiary/aromatic N) is 1. The summed E-state index contributed by atoms with van der Waals surface area (Å²) in [5, 5.41) is 3.88. The normalized spacial score (nSPS) is 20.6. The van der Waals surface area contributed by atoms with Crippen LogP contribution in [-0.2, 0) is 11.3 Å². The third-order valence-electron chi connectivity index (χ3n) is 4.47. The molecule has 0 aliphatic carbocycles. The summed E-state index contributed by atoms with van der Waals surface area (Å²) in [5.74, 6) is -0.183. The number of aromatic nitrogens is 1. The van der Waals surface area contributed by atoms with Gasteiger partial charge in [0.25, 0.3) is 0 Å². The molecule has 2 heterocycles. The third kappa shape index (κ3) is 2.80. The summed E-state index contributed by atoms with van der Waals surface area (Å²) in [6, 6.07) is 3.41. The smallest absolute Gasteiger partial charge is 0.407 e. The van der Waals surface area contributed by atoms with Crippen molar-refractivity contribution in [3.05, 3.63) is 35.3 Å². The Bertz CT molecular complexity index is 773. The zero-order valence-electron chi connectivity index (χ0n) is 14.2. The number of hydrogen-bond donors (Lipinski definition) is 1. The van der Waals surface area contributed by atoms with Crippen LogP contribution in [0.15, 0.2) is 18.3 Å². The van der Waals surface area contributed by atoms with Crippen molar-refractivity contribution in [1.82, 2.24) is 9.88 Å². The van der Waals surface area contributed by atoms with E-state index in [4.69, 9.17) is 4.74 Å². The van der Waals surface area contributed by atoms with E-state index in [2.05, 4.69) is 9.88 Å². The molecule has 0 unspecified atom stereocenters. The van der Waals surface area contributed by atoms with Crippen molar-refractivity contribution in [3.8, 4) is 0 Å². The van der Waals surface area contributed by atoms with Crippen molar-refractivity contribution in [3.63, 3.8) is 0 Å². The van der Waals surface area contributed by atoms with Crippen molar-refractivity contribution in [2.45, 2.75) is 58.7 Å². The van der Waals surface area contributed by atoms with Crippen LogP contribution in [0, 0.1) is 12.7 Å². The maximum Gasteiger partial charge on any atom is 0.407 e. The highest BCUT2D eigenvalue weighted by atomic mass is 19.1. The van der Waals surface area contributed by atoms with Crippen LogP contribution in [-0.4, -0.2) is 22.3 Å². The zero-order valence-corrected chi connectivity index (χ0v) is 14.2. The Morgan fingerprint density at radius 3 is 2.78 bits per heavy atom. The summed E-state index contributed by atoms with van der Waals surface area (Å²) in [7, 11) is 0. The Hall–Kier alpha value is -2.04. The highest BCUT2D eigenvalue weighted by Crippen LogP contribution is 2.36. The van der Waals surface area contributed by atoms with E-state index < -0.39 is 11.7 Å². The lowest BCUT2D eigenvalue weighted by Crippen LogP contribution is -2.45. The van der Waals surface area contributed by atoms with Gasteiger partial charge in [-0.3, -0.25) is 0 Å². The van der Waals surface area contributed by atoms with Gasteiger partial charge in [0.15, 0.2) is 0 Å². The lowest BCUT2D eigenvalue weighted by molar-refractivity contribution is 0.0491. The van der Waals surface area contributed by atoms with Gasteiger partial charge in [0.05, 0.1) is 11.6 Å². The molecule has 2 atom stereocenters. The van der Waals surface area contributed by atoms with Crippen LogP contribution in [0.2, 0.25) is 0 Å². The van der Waals surface area contributed by atoms with Gasteiger partial charge in [0.2, 0.25) is 0 Å². The fraction of sp³-hybridized carbons (Fsp3) is 0.500. The minimum absolute atomic E-state index is 0.0162. The van der Waals surface area contributed by atoms with E-state index in [9.17, 15) is 9.18 Å². The lowest BCUT2D eigenvalue weighted by Gasteiger charge is -2.32. The Morgan fingerprint density at radius 2 is 2.13 bits per heavy atom. The second-order valence-electron chi connectivity index (χ2n) is 7.34. The number of amides is 1. The number of carbonyl (C=O) groups is 1. The quantitative estimate of drug-likeness (QED) is 0.860. The molecular weight excluding hydrogens is 295 g/mol. The molecule has 4 nitrogen and oxygen atoms in total. The molecule has 1 amide bonds. The van der Waals surface area contributed by atoms with Crippen LogP contribution >= 0.6 is 0 Å². The summed E-state index contributed by atoms with van der Waals surface area (Å²) in [5.41, 5.74) is 2.14. The zero-order chi connectivity index (χ0) is 16.9. The molecular formula is C18H23FN2O2. The number of benzene rings is 1. The molecule has 1 aromatic heterocycles. The molecule has 0 fully saturated rings. The maximum absolute atomic E-state index is 14.2. The van der Waals surface area contributed by atoms with E-state index in [0.717, 1.165) is 16.5 Å². The largest absolute Gasteiger partial charge is 0.444 e. The topological polar surface area (TPSA) is 43.3 Å². The number of hydrogen-bond acceptors (Lipinski definition) is 2. The van der Waals surface area contributed by atoms with Crippen LogP contribution in [0.5, 0.6) is 0 Å². The molecule has 0 bridgehead atoms. The van der Waals surface area contributed by atoms with Gasteiger partial charge in [-0.05, 0) is 51.0 Å². The fourth-order valence-corrected chi connectivity index (χ4v) is 3.25. The Balaban J connectivity index is 1.91. The Labute approximate surface area is 135 Å². The highest BCUT2D eigenvalue weighted by molar-refractivity contribution is 5.88. The molecule has 0 saturated heterocycles. The van der Waals surface area contributed by atoms with Crippen molar-refractivity contribution in [1.29, 1.82) is 0 Å². The van der Waals surface area contributed by atoms with E-state index in [0.29, 0.717) is 12.1 Å². The van der Waals surface area contributed by atoms with Crippen molar-refractivity contribution in [2.24, 2.45) is 0 Å². The minimum atomic E-state index is -0.538. The van der Waals surface area contributed by atoms with Gasteiger partial charge in [-0.25, -0.2) is 9.18 Å². The molecule has 2 aromatic rings. The molecule has 3 rings (SSSR count). The number of rotatable bonds is 1. The molecule has 0 spiro atoms. The van der Waals surface area contributed by atoms with Crippen LogP contribution in [0.3, 0.4) is 0 Å². The number of alkyl carbamates (subject to hydrolysis) is 1. The second kappa shape index (κ2) is 5.25. The average molecular weight is 318 g/mol. The van der Waals surface area contributed by atoms with Crippen LogP contribution in [0.25, 0.3) is 10.9 Å². The number of nitrogens with one attached hydrogen (secondary N) is 1. The average Bonchev–Trinajstić information content (AvgIpc) is 2.83. The number of halogens is 1. The van der Waals surface area contributed by atoms with Gasteiger partial charge in [-0.15, -0.1) is 0 Å². The summed E-state index contributed by atoms with van der Waals surface area (Å²) in [6.45, 7) is 9.97. The van der Waals surface area contributed by atoms with Crippen molar-refractivity contribution < 1.29 is 13.9 Å². The van der Waals surface area contributed by atoms with E-state index in [1.54, 1.807) is 13.0 Å². The van der Waals surface area contributed by atoms with E-state index in [-0.39, 0.29) is 17.8 Å². The van der Waals surface area contributed by atoms with Gasteiger partial charge < -0.3 is 14.6 Å². The van der Waals surface area contributed by atoms with E-state index in [1.165, 1.54) is 0 Å². The third-order valence-corrected chi connectivity index (χ3v) is 4.47. The van der Waals surface area contributed by atoms with Crippen LogP contribution in [0.1, 0.15) is 44.7 Å². The van der Waals surface area contributed by atoms with Crippen LogP contribution < -0.4 is 5.32 Å². The van der Waals surface area contributed by atoms with Gasteiger partial charge in [-0.2, -0.15) is 0 Å². The molecule has 1 aromatic carbocycles. The fourth-order valence-electron chi connectivity index (χ4n) is 3.25. The number of carbonyl (C=O) groups excluding carboxylic acids is 1. The van der Waals surface area contributed by atoms with E-state index >= 15 is 0 Å². The first-order chi connectivity index (χ1) is 10.7. The van der Waals surface area contributed by atoms with Gasteiger partial charge >= 0.3 is 6.09 Å². The summed E-state index contributed by atoms with van der Waals surface area (Å²) in [4.78, 5) is 12.1. The molecule has 124 valence electrons. The van der Waals surface area contributed by atoms with Gasteiger partial charge in [0.1, 0.15) is 11.4 Å². The molecule has 0 saturated carbocycles. The molecule has 1 aliphatic rings. The molecule has 1 N–H and O–H groups in total. The molecule has 0 radical (unpaired) electrons. The first-order valence-electron chi connectivity index (χ1n) is 7.95. The molecule has 1 aliphatic heterocycles. The van der Waals surface area contributed by atoms with Crippen molar-refractivity contribution >= 4 is 17.0 Å². The Morgan fingerprint density at radius 1 is 1.43 bits per heavy atom. The molecule has 5 heteroatoms. The SMILES string of the molecule is Cc1c(F)cc2c3c1ccn3C[C@@H](NC(=O)OC(C)(C)C)[C@@H]2C. The first-order valence-corrected chi connectivity index (χ1v) is 7.95. The second-order valence-corrected chi connectivity index (χ2v) is 7.34. The van der Waals surface area contributed by atoms with Crippen LogP contribution in [0.4, 0.5) is 9.18 Å². The summed E-state index contributed by atoms with van der Waals surface area (Å²) in [6.07, 6.45) is 1.52. The summed E-state index contributed by atoms with van der Waals surface area (Å²) < 4.78 is 21.6. The monoisotopic (exact) mass is 318 g/mol. The molecule has 23 heavy (non-hydrogen) atoms. The maximum atomic E-state index is 14.2. The number of ether oxygens (including phenoxy) is 1. The van der Waals surface area contributed by atoms with Gasteiger partial charge in [-0.1, -0.05) is 6.92 Å². The highest BCUT2D eigenvalue weighted by Gasteiger charge is 2.31. The first kappa shape index (κ1) is 15.8. The Kier molecular flexibility index (Phi) is 3.62. The van der Waals surface area contributed by atoms with Gasteiger partial charge in [0, 0.05) is 24.0 Å². The predicted molar refractivity (Wildman–Crippen MR) is 88.2 cm³/mol. The number of aryl methyl sites for hydroxylation is 1. The predicted octanol–water partition coefficient (Wildman–Crippen LogP) is 4.10. The van der Waals surface area contributed by atoms with E-state index in [1.807, 2.05) is 40.0 Å².